The highest BCUT2D eigenvalue weighted by atomic mass is 35.5. The molecular formula is C17H20ClFN4O. The average Bonchev–Trinajstić information content (AvgIpc) is 2.99. The van der Waals surface area contributed by atoms with Crippen molar-refractivity contribution in [3.8, 4) is 0 Å². The number of benzene rings is 1. The minimum atomic E-state index is -0.443. The van der Waals surface area contributed by atoms with Crippen LogP contribution in [0.25, 0.3) is 11.0 Å². The van der Waals surface area contributed by atoms with Crippen LogP contribution in [0.15, 0.2) is 12.1 Å². The number of anilines is 1. The fourth-order valence-electron chi connectivity index (χ4n) is 3.74. The van der Waals surface area contributed by atoms with Gasteiger partial charge >= 0.3 is 0 Å². The summed E-state index contributed by atoms with van der Waals surface area (Å²) in [5.74, 6) is 0.602. The molecule has 0 saturated carbocycles. The topological polar surface area (TPSA) is 52.2 Å². The first kappa shape index (κ1) is 15.7. The van der Waals surface area contributed by atoms with Crippen LogP contribution in [0.3, 0.4) is 0 Å². The van der Waals surface area contributed by atoms with Crippen LogP contribution in [0.4, 0.5) is 10.3 Å². The number of H-pyrrole nitrogens is 1. The molecule has 2 aliphatic rings. The van der Waals surface area contributed by atoms with E-state index in [0.29, 0.717) is 29.4 Å². The van der Waals surface area contributed by atoms with Crippen molar-refractivity contribution in [1.82, 2.24) is 14.9 Å². The molecular weight excluding hydrogens is 331 g/mol. The Morgan fingerprint density at radius 2 is 2.00 bits per heavy atom. The number of nitrogens with zero attached hydrogens (tertiary/aromatic N) is 3. The quantitative estimate of drug-likeness (QED) is 0.903. The molecule has 2 saturated heterocycles. The Bertz CT molecular complexity index is 730. The van der Waals surface area contributed by atoms with Gasteiger partial charge in [0, 0.05) is 38.2 Å². The number of aromatic amines is 1. The summed E-state index contributed by atoms with van der Waals surface area (Å²) < 4.78 is 13.6. The summed E-state index contributed by atoms with van der Waals surface area (Å²) in [4.78, 5) is 24.0. The second kappa shape index (κ2) is 6.24. The third-order valence-electron chi connectivity index (χ3n) is 5.08. The number of likely N-dealkylation sites (tertiary alicyclic amines) is 1. The molecule has 2 aromatic rings. The molecule has 24 heavy (non-hydrogen) atoms. The summed E-state index contributed by atoms with van der Waals surface area (Å²) in [7, 11) is 0. The number of piperidine rings is 2. The molecule has 5 nitrogen and oxygen atoms in total. The first-order valence-corrected chi connectivity index (χ1v) is 8.89. The van der Waals surface area contributed by atoms with E-state index in [0.717, 1.165) is 51.3 Å². The number of aromatic nitrogens is 2. The number of hydrogen-bond donors (Lipinski definition) is 1. The van der Waals surface area contributed by atoms with Crippen LogP contribution < -0.4 is 4.90 Å². The minimum Gasteiger partial charge on any atom is -0.342 e. The smallest absolute Gasteiger partial charge is 0.222 e. The van der Waals surface area contributed by atoms with Crippen molar-refractivity contribution in [2.45, 2.75) is 38.1 Å². The molecule has 1 aromatic carbocycles. The lowest BCUT2D eigenvalue weighted by Crippen LogP contribution is -2.49. The third-order valence-corrected chi connectivity index (χ3v) is 5.37. The minimum absolute atomic E-state index is 0.0860. The predicted octanol–water partition coefficient (Wildman–Crippen LogP) is 3.34. The molecule has 1 amide bonds. The van der Waals surface area contributed by atoms with Crippen LogP contribution in [-0.4, -0.2) is 46.5 Å². The Balaban J connectivity index is 1.46. The maximum atomic E-state index is 13.6. The van der Waals surface area contributed by atoms with Gasteiger partial charge in [-0.3, -0.25) is 4.79 Å². The normalized spacial score (nSPS) is 20.2. The van der Waals surface area contributed by atoms with E-state index in [9.17, 15) is 9.18 Å². The SMILES string of the molecule is O=C1CCCCN1C1CCN(c2nc3cc(Cl)c(F)cc3[nH]2)CC1. The lowest BCUT2D eigenvalue weighted by molar-refractivity contribution is -0.136. The maximum absolute atomic E-state index is 13.6. The van der Waals surface area contributed by atoms with Crippen LogP contribution >= 0.6 is 11.6 Å². The maximum Gasteiger partial charge on any atom is 0.222 e. The van der Waals surface area contributed by atoms with Crippen molar-refractivity contribution >= 4 is 34.5 Å². The van der Waals surface area contributed by atoms with Crippen molar-refractivity contribution in [3.05, 3.63) is 23.0 Å². The van der Waals surface area contributed by atoms with Gasteiger partial charge in [0.2, 0.25) is 11.9 Å². The Hall–Kier alpha value is -1.82. The Morgan fingerprint density at radius 3 is 2.75 bits per heavy atom. The van der Waals surface area contributed by atoms with E-state index in [1.165, 1.54) is 6.07 Å². The highest BCUT2D eigenvalue weighted by molar-refractivity contribution is 6.31. The van der Waals surface area contributed by atoms with Crippen molar-refractivity contribution in [1.29, 1.82) is 0 Å². The first-order chi connectivity index (χ1) is 11.6. The number of carbonyl (C=O) groups is 1. The van der Waals surface area contributed by atoms with Gasteiger partial charge in [0.1, 0.15) is 5.82 Å². The molecule has 128 valence electrons. The van der Waals surface area contributed by atoms with Crippen molar-refractivity contribution in [2.24, 2.45) is 0 Å². The molecule has 1 N–H and O–H groups in total. The third kappa shape index (κ3) is 2.83. The largest absolute Gasteiger partial charge is 0.342 e. The number of hydrogen-bond acceptors (Lipinski definition) is 3. The zero-order valence-electron chi connectivity index (χ0n) is 13.4. The number of imidazole rings is 1. The molecule has 1 aromatic heterocycles. The van der Waals surface area contributed by atoms with E-state index in [2.05, 4.69) is 19.8 Å². The van der Waals surface area contributed by atoms with E-state index in [4.69, 9.17) is 11.6 Å². The van der Waals surface area contributed by atoms with Crippen LogP contribution in [0.2, 0.25) is 5.02 Å². The van der Waals surface area contributed by atoms with Gasteiger partial charge in [-0.15, -0.1) is 0 Å². The van der Waals surface area contributed by atoms with Crippen LogP contribution in [-0.2, 0) is 4.79 Å². The molecule has 2 aliphatic heterocycles. The van der Waals surface area contributed by atoms with Crippen LogP contribution in [0.5, 0.6) is 0 Å². The fourth-order valence-corrected chi connectivity index (χ4v) is 3.90. The summed E-state index contributed by atoms with van der Waals surface area (Å²) in [6.07, 6.45) is 4.71. The van der Waals surface area contributed by atoms with E-state index >= 15 is 0 Å². The molecule has 0 radical (unpaired) electrons. The zero-order valence-corrected chi connectivity index (χ0v) is 14.2. The Kier molecular flexibility index (Phi) is 4.08. The van der Waals surface area contributed by atoms with Crippen LogP contribution in [0, 0.1) is 5.82 Å². The number of amides is 1. The van der Waals surface area contributed by atoms with Gasteiger partial charge in [-0.2, -0.15) is 0 Å². The summed E-state index contributed by atoms with van der Waals surface area (Å²) >= 11 is 5.82. The van der Waals surface area contributed by atoms with Crippen molar-refractivity contribution < 1.29 is 9.18 Å². The standard InChI is InChI=1S/C17H20ClFN4O/c18-12-9-14-15(10-13(12)19)21-17(20-14)22-7-4-11(5-8-22)23-6-2-1-3-16(23)24/h9-11H,1-8H2,(H,20,21). The van der Waals surface area contributed by atoms with Gasteiger partial charge < -0.3 is 14.8 Å². The lowest BCUT2D eigenvalue weighted by atomic mass is 10.00. The molecule has 0 spiro atoms. The van der Waals surface area contributed by atoms with Gasteiger partial charge in [0.25, 0.3) is 0 Å². The lowest BCUT2D eigenvalue weighted by Gasteiger charge is -2.40. The highest BCUT2D eigenvalue weighted by Crippen LogP contribution is 2.27. The molecule has 7 heteroatoms. The molecule has 0 bridgehead atoms. The van der Waals surface area contributed by atoms with Crippen molar-refractivity contribution in [3.63, 3.8) is 0 Å². The number of halogens is 2. The predicted molar refractivity (Wildman–Crippen MR) is 91.9 cm³/mol. The van der Waals surface area contributed by atoms with Crippen LogP contribution in [0.1, 0.15) is 32.1 Å². The van der Waals surface area contributed by atoms with E-state index in [-0.39, 0.29) is 5.02 Å². The number of fused-ring (bicyclic) bond motifs is 1. The Labute approximate surface area is 144 Å². The zero-order chi connectivity index (χ0) is 16.7. The molecule has 4 rings (SSSR count). The second-order valence-corrected chi connectivity index (χ2v) is 7.01. The van der Waals surface area contributed by atoms with Gasteiger partial charge in [-0.25, -0.2) is 9.37 Å². The van der Waals surface area contributed by atoms with E-state index in [1.807, 2.05) is 0 Å². The molecule has 2 fully saturated rings. The highest BCUT2D eigenvalue weighted by Gasteiger charge is 2.30. The number of rotatable bonds is 2. The molecule has 3 heterocycles. The average molecular weight is 351 g/mol. The Morgan fingerprint density at radius 1 is 1.21 bits per heavy atom. The summed E-state index contributed by atoms with van der Waals surface area (Å²) in [5.41, 5.74) is 1.32. The monoisotopic (exact) mass is 350 g/mol. The van der Waals surface area contributed by atoms with Gasteiger partial charge in [-0.1, -0.05) is 11.6 Å². The molecule has 0 aliphatic carbocycles. The van der Waals surface area contributed by atoms with Gasteiger partial charge in [0.05, 0.1) is 16.1 Å². The second-order valence-electron chi connectivity index (χ2n) is 6.61. The van der Waals surface area contributed by atoms with E-state index < -0.39 is 5.82 Å². The number of nitrogens with one attached hydrogen (secondary N) is 1. The molecule has 0 unspecified atom stereocenters. The van der Waals surface area contributed by atoms with Crippen molar-refractivity contribution in [2.75, 3.05) is 24.5 Å². The summed E-state index contributed by atoms with van der Waals surface area (Å²) in [5, 5.41) is 0.0860. The summed E-state index contributed by atoms with van der Waals surface area (Å²) in [6, 6.07) is 3.27. The first-order valence-electron chi connectivity index (χ1n) is 8.51. The number of carbonyl (C=O) groups excluding carboxylic acids is 1. The fraction of sp³-hybridized carbons (Fsp3) is 0.529. The van der Waals surface area contributed by atoms with Gasteiger partial charge in [-0.05, 0) is 31.7 Å². The molecule has 0 atom stereocenters. The summed E-state index contributed by atoms with van der Waals surface area (Å²) in [6.45, 7) is 2.57. The van der Waals surface area contributed by atoms with Gasteiger partial charge in [0.15, 0.2) is 0 Å². The van der Waals surface area contributed by atoms with E-state index in [1.54, 1.807) is 6.07 Å².